The molecule has 0 fully saturated rings. The van der Waals surface area contributed by atoms with Gasteiger partial charge in [0.15, 0.2) is 0 Å². The fourth-order valence-electron chi connectivity index (χ4n) is 1.78. The first kappa shape index (κ1) is 9.00. The van der Waals surface area contributed by atoms with Crippen LogP contribution >= 0.6 is 0 Å². The predicted molar refractivity (Wildman–Crippen MR) is 58.1 cm³/mol. The smallest absolute Gasteiger partial charge is 0.256 e. The van der Waals surface area contributed by atoms with Gasteiger partial charge in [-0.1, -0.05) is 17.7 Å². The lowest BCUT2D eigenvalue weighted by Crippen LogP contribution is -2.04. The molecule has 2 heteroatoms. The minimum atomic E-state index is 0.0191. The zero-order chi connectivity index (χ0) is 10.3. The zero-order valence-electron chi connectivity index (χ0n) is 8.64. The molecule has 0 atom stereocenters. The SMILES string of the molecule is CC(C)=C1C(=O)Nc2cc(C)ccc21. The molecule has 1 aliphatic rings. The average molecular weight is 187 g/mol. The second kappa shape index (κ2) is 2.98. The van der Waals surface area contributed by atoms with Gasteiger partial charge in [0.25, 0.3) is 5.91 Å². The summed E-state index contributed by atoms with van der Waals surface area (Å²) >= 11 is 0. The highest BCUT2D eigenvalue weighted by atomic mass is 16.2. The molecule has 0 radical (unpaired) electrons. The average Bonchev–Trinajstić information content (AvgIpc) is 2.39. The van der Waals surface area contributed by atoms with Gasteiger partial charge in [0, 0.05) is 16.8 Å². The van der Waals surface area contributed by atoms with Crippen molar-refractivity contribution in [2.75, 3.05) is 5.32 Å². The lowest BCUT2D eigenvalue weighted by molar-refractivity contribution is -0.110. The van der Waals surface area contributed by atoms with E-state index < -0.39 is 0 Å². The summed E-state index contributed by atoms with van der Waals surface area (Å²) < 4.78 is 0. The molecule has 2 rings (SSSR count). The van der Waals surface area contributed by atoms with Gasteiger partial charge < -0.3 is 5.32 Å². The molecule has 72 valence electrons. The van der Waals surface area contributed by atoms with Crippen molar-refractivity contribution in [1.29, 1.82) is 0 Å². The third-order valence-corrected chi connectivity index (χ3v) is 2.42. The normalized spacial score (nSPS) is 13.9. The van der Waals surface area contributed by atoms with Crippen LogP contribution in [0.25, 0.3) is 5.57 Å². The van der Waals surface area contributed by atoms with E-state index in [1.807, 2.05) is 39.0 Å². The second-order valence-electron chi connectivity index (χ2n) is 3.88. The molecule has 0 unspecified atom stereocenters. The van der Waals surface area contributed by atoms with Crippen molar-refractivity contribution in [3.63, 3.8) is 0 Å². The molecule has 0 bridgehead atoms. The van der Waals surface area contributed by atoms with Crippen molar-refractivity contribution in [3.8, 4) is 0 Å². The number of aryl methyl sites for hydroxylation is 1. The number of carbonyl (C=O) groups is 1. The van der Waals surface area contributed by atoms with Crippen LogP contribution in [0.15, 0.2) is 23.8 Å². The maximum atomic E-state index is 11.6. The van der Waals surface area contributed by atoms with Crippen LogP contribution in [0.1, 0.15) is 25.0 Å². The number of allylic oxidation sites excluding steroid dienone is 1. The Kier molecular flexibility index (Phi) is 1.92. The van der Waals surface area contributed by atoms with E-state index in [4.69, 9.17) is 0 Å². The number of nitrogens with one attached hydrogen (secondary N) is 1. The van der Waals surface area contributed by atoms with Gasteiger partial charge in [0.2, 0.25) is 0 Å². The first-order valence-electron chi connectivity index (χ1n) is 4.69. The summed E-state index contributed by atoms with van der Waals surface area (Å²) in [5.74, 6) is 0.0191. The van der Waals surface area contributed by atoms with Crippen LogP contribution in [0.4, 0.5) is 5.69 Å². The zero-order valence-corrected chi connectivity index (χ0v) is 8.64. The molecule has 1 N–H and O–H groups in total. The molecule has 14 heavy (non-hydrogen) atoms. The van der Waals surface area contributed by atoms with E-state index in [1.165, 1.54) is 5.56 Å². The number of amides is 1. The monoisotopic (exact) mass is 187 g/mol. The van der Waals surface area contributed by atoms with Crippen molar-refractivity contribution in [2.45, 2.75) is 20.8 Å². The maximum Gasteiger partial charge on any atom is 0.256 e. The second-order valence-corrected chi connectivity index (χ2v) is 3.88. The Bertz CT molecular complexity index is 440. The van der Waals surface area contributed by atoms with Crippen molar-refractivity contribution in [2.24, 2.45) is 0 Å². The number of carbonyl (C=O) groups excluding carboxylic acids is 1. The van der Waals surface area contributed by atoms with Gasteiger partial charge in [0.05, 0.1) is 0 Å². The lowest BCUT2D eigenvalue weighted by Gasteiger charge is -2.00. The molecule has 0 spiro atoms. The molecule has 1 aliphatic heterocycles. The summed E-state index contributed by atoms with van der Waals surface area (Å²) in [6, 6.07) is 6.04. The van der Waals surface area contributed by atoms with Crippen LogP contribution in [-0.2, 0) is 4.79 Å². The molecule has 2 nitrogen and oxygen atoms in total. The number of hydrogen-bond acceptors (Lipinski definition) is 1. The standard InChI is InChI=1S/C12H13NO/c1-7(2)11-9-5-4-8(3)6-10(9)13-12(11)14/h4-6H,1-3H3,(H,13,14). The molecule has 0 aromatic heterocycles. The van der Waals surface area contributed by atoms with Crippen LogP contribution in [0, 0.1) is 6.92 Å². The lowest BCUT2D eigenvalue weighted by atomic mass is 10.0. The predicted octanol–water partition coefficient (Wildman–Crippen LogP) is 2.74. The molecule has 0 saturated heterocycles. The number of hydrogen-bond donors (Lipinski definition) is 1. The quantitative estimate of drug-likeness (QED) is 0.622. The minimum Gasteiger partial charge on any atom is -0.321 e. The van der Waals surface area contributed by atoms with Crippen molar-refractivity contribution < 1.29 is 4.79 Å². The number of rotatable bonds is 0. The van der Waals surface area contributed by atoms with E-state index >= 15 is 0 Å². The molecule has 0 aliphatic carbocycles. The largest absolute Gasteiger partial charge is 0.321 e. The van der Waals surface area contributed by atoms with Gasteiger partial charge in [0.1, 0.15) is 0 Å². The Labute approximate surface area is 83.6 Å². The number of anilines is 1. The first-order valence-corrected chi connectivity index (χ1v) is 4.69. The highest BCUT2D eigenvalue weighted by Crippen LogP contribution is 2.33. The maximum absolute atomic E-state index is 11.6. The van der Waals surface area contributed by atoms with E-state index in [1.54, 1.807) is 0 Å². The van der Waals surface area contributed by atoms with Crippen LogP contribution in [0.2, 0.25) is 0 Å². The van der Waals surface area contributed by atoms with Crippen molar-refractivity contribution in [3.05, 3.63) is 34.9 Å². The van der Waals surface area contributed by atoms with Gasteiger partial charge in [-0.05, 0) is 32.4 Å². The van der Waals surface area contributed by atoms with Crippen molar-refractivity contribution in [1.82, 2.24) is 0 Å². The van der Waals surface area contributed by atoms with Gasteiger partial charge in [-0.15, -0.1) is 0 Å². The molecule has 1 amide bonds. The van der Waals surface area contributed by atoms with Gasteiger partial charge >= 0.3 is 0 Å². The number of benzene rings is 1. The number of fused-ring (bicyclic) bond motifs is 1. The molecule has 1 aromatic rings. The van der Waals surface area contributed by atoms with Crippen LogP contribution in [0.3, 0.4) is 0 Å². The molecular formula is C12H13NO. The van der Waals surface area contributed by atoms with Crippen molar-refractivity contribution >= 4 is 17.2 Å². The topological polar surface area (TPSA) is 29.1 Å². The van der Waals surface area contributed by atoms with Gasteiger partial charge in [-0.3, -0.25) is 4.79 Å². The first-order chi connectivity index (χ1) is 6.59. The van der Waals surface area contributed by atoms with Gasteiger partial charge in [-0.2, -0.15) is 0 Å². The Balaban J connectivity index is 2.65. The molecule has 0 saturated carbocycles. The third-order valence-electron chi connectivity index (χ3n) is 2.42. The summed E-state index contributed by atoms with van der Waals surface area (Å²) in [5, 5.41) is 2.87. The summed E-state index contributed by atoms with van der Waals surface area (Å²) in [6.45, 7) is 5.95. The Morgan fingerprint density at radius 2 is 2.00 bits per heavy atom. The van der Waals surface area contributed by atoms with E-state index in [9.17, 15) is 4.79 Å². The van der Waals surface area contributed by atoms with Crippen LogP contribution < -0.4 is 5.32 Å². The van der Waals surface area contributed by atoms with E-state index in [0.717, 1.165) is 22.4 Å². The Morgan fingerprint density at radius 3 is 2.64 bits per heavy atom. The van der Waals surface area contributed by atoms with E-state index in [0.29, 0.717) is 0 Å². The fraction of sp³-hybridized carbons (Fsp3) is 0.250. The fourth-order valence-corrected chi connectivity index (χ4v) is 1.78. The molecular weight excluding hydrogens is 174 g/mol. The molecule has 1 heterocycles. The van der Waals surface area contributed by atoms with Crippen LogP contribution in [0.5, 0.6) is 0 Å². The highest BCUT2D eigenvalue weighted by molar-refractivity contribution is 6.32. The Morgan fingerprint density at radius 1 is 1.29 bits per heavy atom. The molecule has 1 aromatic carbocycles. The minimum absolute atomic E-state index is 0.0191. The van der Waals surface area contributed by atoms with Gasteiger partial charge in [-0.25, -0.2) is 0 Å². The van der Waals surface area contributed by atoms with Crippen LogP contribution in [-0.4, -0.2) is 5.91 Å². The summed E-state index contributed by atoms with van der Waals surface area (Å²) in [7, 11) is 0. The van der Waals surface area contributed by atoms with E-state index in [-0.39, 0.29) is 5.91 Å². The summed E-state index contributed by atoms with van der Waals surface area (Å²) in [6.07, 6.45) is 0. The summed E-state index contributed by atoms with van der Waals surface area (Å²) in [4.78, 5) is 11.6. The Hall–Kier alpha value is -1.57. The highest BCUT2D eigenvalue weighted by Gasteiger charge is 2.24. The third kappa shape index (κ3) is 1.23. The summed E-state index contributed by atoms with van der Waals surface area (Å²) in [5.41, 5.74) is 5.01. The van der Waals surface area contributed by atoms with E-state index in [2.05, 4.69) is 5.32 Å².